The number of benzene rings is 1. The lowest BCUT2D eigenvalue weighted by Crippen LogP contribution is -2.40. The van der Waals surface area contributed by atoms with Gasteiger partial charge in [0, 0.05) is 12.4 Å². The number of aliphatic hydroxyl groups is 1. The maximum absolute atomic E-state index is 9.84. The molecule has 0 aliphatic carbocycles. The van der Waals surface area contributed by atoms with E-state index in [-0.39, 0.29) is 6.04 Å². The van der Waals surface area contributed by atoms with Crippen LogP contribution in [-0.4, -0.2) is 42.5 Å². The molecule has 0 radical (unpaired) electrons. The first-order valence-corrected chi connectivity index (χ1v) is 6.10. The fourth-order valence-corrected chi connectivity index (χ4v) is 2.32. The number of rotatable bonds is 2. The van der Waals surface area contributed by atoms with Crippen molar-refractivity contribution in [3.8, 4) is 0 Å². The van der Waals surface area contributed by atoms with Crippen LogP contribution in [0.3, 0.4) is 0 Å². The monoisotopic (exact) mass is 244 g/mol. The van der Waals surface area contributed by atoms with Crippen molar-refractivity contribution in [2.24, 2.45) is 0 Å². The summed E-state index contributed by atoms with van der Waals surface area (Å²) in [7, 11) is 1.94. The maximum atomic E-state index is 9.84. The number of ether oxygens (including phenoxy) is 1. The Morgan fingerprint density at radius 2 is 2.06 bits per heavy atom. The van der Waals surface area contributed by atoms with Crippen molar-refractivity contribution in [2.45, 2.75) is 12.1 Å². The number of nitrogens with zero attached hydrogens (tertiary/aromatic N) is 2. The maximum Gasteiger partial charge on any atom is 0.129 e. The van der Waals surface area contributed by atoms with Gasteiger partial charge in [-0.05, 0) is 18.2 Å². The minimum Gasteiger partial charge on any atom is -0.388 e. The predicted octanol–water partition coefficient (Wildman–Crippen LogP) is 1.43. The number of likely N-dealkylation sites (N-methyl/N-ethyl adjacent to an activating group) is 1. The highest BCUT2D eigenvalue weighted by Crippen LogP contribution is 2.21. The van der Waals surface area contributed by atoms with E-state index in [4.69, 9.17) is 4.74 Å². The number of para-hydroxylation sites is 1. The van der Waals surface area contributed by atoms with Crippen LogP contribution in [0.5, 0.6) is 0 Å². The number of pyridine rings is 1. The molecule has 2 heterocycles. The zero-order chi connectivity index (χ0) is 12.5. The molecule has 4 nitrogen and oxygen atoms in total. The van der Waals surface area contributed by atoms with Gasteiger partial charge in [0.25, 0.3) is 0 Å². The minimum absolute atomic E-state index is 0.0151. The molecule has 1 saturated heterocycles. The molecule has 1 fully saturated rings. The molecule has 1 aliphatic heterocycles. The van der Waals surface area contributed by atoms with Crippen LogP contribution in [0.2, 0.25) is 0 Å². The molecule has 1 aliphatic rings. The van der Waals surface area contributed by atoms with Crippen molar-refractivity contribution < 1.29 is 9.84 Å². The van der Waals surface area contributed by atoms with Gasteiger partial charge < -0.3 is 14.7 Å². The number of fused-ring (bicyclic) bond motifs is 1. The van der Waals surface area contributed by atoms with Crippen molar-refractivity contribution in [1.29, 1.82) is 0 Å². The average molecular weight is 244 g/mol. The van der Waals surface area contributed by atoms with E-state index in [1.165, 1.54) is 0 Å². The first-order valence-electron chi connectivity index (χ1n) is 6.10. The van der Waals surface area contributed by atoms with Gasteiger partial charge in [0.05, 0.1) is 30.9 Å². The van der Waals surface area contributed by atoms with Crippen LogP contribution in [0, 0.1) is 0 Å². The molecule has 0 amide bonds. The summed E-state index contributed by atoms with van der Waals surface area (Å²) in [5.41, 5.74) is 0.968. The van der Waals surface area contributed by atoms with Gasteiger partial charge in [-0.15, -0.1) is 0 Å². The quantitative estimate of drug-likeness (QED) is 0.868. The summed E-state index contributed by atoms with van der Waals surface area (Å²) >= 11 is 0. The van der Waals surface area contributed by atoms with Crippen molar-refractivity contribution in [3.63, 3.8) is 0 Å². The summed E-state index contributed by atoms with van der Waals surface area (Å²) in [5, 5.41) is 11.0. The van der Waals surface area contributed by atoms with E-state index in [0.29, 0.717) is 13.2 Å². The normalized spacial score (nSPS) is 23.4. The molecule has 3 rings (SSSR count). The van der Waals surface area contributed by atoms with Gasteiger partial charge in [0.15, 0.2) is 0 Å². The van der Waals surface area contributed by atoms with Gasteiger partial charge >= 0.3 is 0 Å². The lowest BCUT2D eigenvalue weighted by molar-refractivity contribution is 0.124. The Bertz CT molecular complexity index is 558. The first kappa shape index (κ1) is 11.4. The van der Waals surface area contributed by atoms with Crippen LogP contribution in [0.1, 0.15) is 0 Å². The van der Waals surface area contributed by atoms with E-state index < -0.39 is 6.10 Å². The van der Waals surface area contributed by atoms with E-state index in [2.05, 4.69) is 11.1 Å². The summed E-state index contributed by atoms with van der Waals surface area (Å²) in [5.74, 6) is 0.864. The minimum atomic E-state index is -0.441. The highest BCUT2D eigenvalue weighted by Gasteiger charge is 2.30. The van der Waals surface area contributed by atoms with Crippen molar-refractivity contribution in [1.82, 2.24) is 4.98 Å². The molecule has 1 aromatic carbocycles. The molecule has 1 N–H and O–H groups in total. The Balaban J connectivity index is 1.93. The van der Waals surface area contributed by atoms with E-state index in [1.54, 1.807) is 0 Å². The number of aliphatic hydroxyl groups excluding tert-OH is 1. The van der Waals surface area contributed by atoms with Crippen LogP contribution in [0.25, 0.3) is 10.9 Å². The van der Waals surface area contributed by atoms with E-state index in [1.807, 2.05) is 42.3 Å². The predicted molar refractivity (Wildman–Crippen MR) is 70.8 cm³/mol. The SMILES string of the molecule is CN(c1ccc2ccccc2n1)C1COCC1O. The smallest absolute Gasteiger partial charge is 0.129 e. The molecule has 18 heavy (non-hydrogen) atoms. The summed E-state index contributed by atoms with van der Waals surface area (Å²) in [4.78, 5) is 6.60. The summed E-state index contributed by atoms with van der Waals surface area (Å²) in [6, 6.07) is 12.0. The Kier molecular flexibility index (Phi) is 2.89. The number of hydrogen-bond acceptors (Lipinski definition) is 4. The van der Waals surface area contributed by atoms with Gasteiger partial charge in [0.2, 0.25) is 0 Å². The van der Waals surface area contributed by atoms with Crippen LogP contribution in [0.4, 0.5) is 5.82 Å². The molecule has 2 unspecified atom stereocenters. The van der Waals surface area contributed by atoms with Crippen LogP contribution < -0.4 is 4.90 Å². The second-order valence-electron chi connectivity index (χ2n) is 4.65. The van der Waals surface area contributed by atoms with Gasteiger partial charge in [0.1, 0.15) is 5.82 Å². The standard InChI is InChI=1S/C14H16N2O2/c1-16(12-8-18-9-13(12)17)14-7-6-10-4-2-3-5-11(10)15-14/h2-7,12-13,17H,8-9H2,1H3. The zero-order valence-electron chi connectivity index (χ0n) is 10.3. The highest BCUT2D eigenvalue weighted by atomic mass is 16.5. The van der Waals surface area contributed by atoms with Gasteiger partial charge in [-0.2, -0.15) is 0 Å². The van der Waals surface area contributed by atoms with Gasteiger partial charge in [-0.1, -0.05) is 18.2 Å². The van der Waals surface area contributed by atoms with Crippen LogP contribution >= 0.6 is 0 Å². The largest absolute Gasteiger partial charge is 0.388 e. The van der Waals surface area contributed by atoms with Gasteiger partial charge in [-0.25, -0.2) is 4.98 Å². The zero-order valence-corrected chi connectivity index (χ0v) is 10.3. The topological polar surface area (TPSA) is 45.6 Å². The van der Waals surface area contributed by atoms with Gasteiger partial charge in [-0.3, -0.25) is 0 Å². The molecule has 4 heteroatoms. The Morgan fingerprint density at radius 3 is 2.83 bits per heavy atom. The fraction of sp³-hybridized carbons (Fsp3) is 0.357. The van der Waals surface area contributed by atoms with E-state index in [0.717, 1.165) is 16.7 Å². The first-order chi connectivity index (χ1) is 8.75. The molecule has 0 spiro atoms. The average Bonchev–Trinajstić information content (AvgIpc) is 2.83. The molecule has 94 valence electrons. The van der Waals surface area contributed by atoms with Crippen LogP contribution in [-0.2, 0) is 4.74 Å². The summed E-state index contributed by atoms with van der Waals surface area (Å²) in [6.45, 7) is 0.953. The number of aromatic nitrogens is 1. The molecular weight excluding hydrogens is 228 g/mol. The third-order valence-electron chi connectivity index (χ3n) is 3.46. The Hall–Kier alpha value is -1.65. The van der Waals surface area contributed by atoms with E-state index >= 15 is 0 Å². The molecule has 0 saturated carbocycles. The lowest BCUT2D eigenvalue weighted by Gasteiger charge is -2.26. The number of hydrogen-bond donors (Lipinski definition) is 1. The van der Waals surface area contributed by atoms with Crippen molar-refractivity contribution >= 4 is 16.7 Å². The van der Waals surface area contributed by atoms with Crippen molar-refractivity contribution in [2.75, 3.05) is 25.2 Å². The van der Waals surface area contributed by atoms with Crippen molar-refractivity contribution in [3.05, 3.63) is 36.4 Å². The third kappa shape index (κ3) is 1.94. The summed E-state index contributed by atoms with van der Waals surface area (Å²) in [6.07, 6.45) is -0.441. The fourth-order valence-electron chi connectivity index (χ4n) is 2.32. The highest BCUT2D eigenvalue weighted by molar-refractivity contribution is 5.80. The molecular formula is C14H16N2O2. The Morgan fingerprint density at radius 1 is 1.22 bits per heavy atom. The Labute approximate surface area is 106 Å². The molecule has 0 bridgehead atoms. The van der Waals surface area contributed by atoms with Crippen LogP contribution in [0.15, 0.2) is 36.4 Å². The third-order valence-corrected chi connectivity index (χ3v) is 3.46. The second kappa shape index (κ2) is 4.55. The number of anilines is 1. The second-order valence-corrected chi connectivity index (χ2v) is 4.65. The van der Waals surface area contributed by atoms with E-state index in [9.17, 15) is 5.11 Å². The summed E-state index contributed by atoms with van der Waals surface area (Å²) < 4.78 is 5.28. The molecule has 2 aromatic rings. The molecule has 2 atom stereocenters. The lowest BCUT2D eigenvalue weighted by atomic mass is 10.1. The molecule has 1 aromatic heterocycles.